The van der Waals surface area contributed by atoms with Crippen LogP contribution in [0.1, 0.15) is 19.3 Å². The third-order valence-electron chi connectivity index (χ3n) is 2.26. The Bertz CT molecular complexity index is 320. The Balaban J connectivity index is 2.29. The standard InChI is InChI=1S/C8H15NO5S/c1-14-8(11)2-3-15(12,13)9-6-4-7(10)5-6/h6-7,9-10H,2-5H2,1H3. The number of rotatable bonds is 5. The minimum atomic E-state index is -3.43. The van der Waals surface area contributed by atoms with Gasteiger partial charge in [-0.15, -0.1) is 0 Å². The number of aliphatic hydroxyl groups excluding tert-OH is 1. The van der Waals surface area contributed by atoms with Crippen LogP contribution in [0.25, 0.3) is 0 Å². The van der Waals surface area contributed by atoms with Gasteiger partial charge in [-0.1, -0.05) is 0 Å². The van der Waals surface area contributed by atoms with Gasteiger partial charge in [-0.2, -0.15) is 0 Å². The number of sulfonamides is 1. The zero-order chi connectivity index (χ0) is 11.5. The molecule has 2 N–H and O–H groups in total. The lowest BCUT2D eigenvalue weighted by Crippen LogP contribution is -2.47. The van der Waals surface area contributed by atoms with Crippen molar-refractivity contribution >= 4 is 16.0 Å². The van der Waals surface area contributed by atoms with E-state index < -0.39 is 22.1 Å². The van der Waals surface area contributed by atoms with Gasteiger partial charge in [0.15, 0.2) is 0 Å². The first-order chi connectivity index (χ1) is 6.93. The summed E-state index contributed by atoms with van der Waals surface area (Å²) in [7, 11) is -2.22. The first-order valence-electron chi connectivity index (χ1n) is 4.68. The van der Waals surface area contributed by atoms with Crippen LogP contribution in [0.4, 0.5) is 0 Å². The smallest absolute Gasteiger partial charge is 0.306 e. The number of carbonyl (C=O) groups is 1. The summed E-state index contributed by atoms with van der Waals surface area (Å²) in [5.74, 6) is -0.819. The van der Waals surface area contributed by atoms with Gasteiger partial charge in [0.1, 0.15) is 0 Å². The molecular weight excluding hydrogens is 222 g/mol. The minimum Gasteiger partial charge on any atom is -0.469 e. The van der Waals surface area contributed by atoms with E-state index in [9.17, 15) is 13.2 Å². The maximum atomic E-state index is 11.4. The van der Waals surface area contributed by atoms with Gasteiger partial charge in [0, 0.05) is 6.04 Å². The molecule has 1 saturated carbocycles. The maximum Gasteiger partial charge on any atom is 0.306 e. The van der Waals surface area contributed by atoms with Crippen molar-refractivity contribution in [3.05, 3.63) is 0 Å². The third-order valence-corrected chi connectivity index (χ3v) is 3.70. The number of nitrogens with one attached hydrogen (secondary N) is 1. The van der Waals surface area contributed by atoms with E-state index in [0.29, 0.717) is 12.8 Å². The van der Waals surface area contributed by atoms with E-state index >= 15 is 0 Å². The number of methoxy groups -OCH3 is 1. The van der Waals surface area contributed by atoms with E-state index in [1.165, 1.54) is 7.11 Å². The first-order valence-corrected chi connectivity index (χ1v) is 6.33. The molecule has 1 aliphatic rings. The van der Waals surface area contributed by atoms with E-state index in [-0.39, 0.29) is 18.2 Å². The fourth-order valence-corrected chi connectivity index (χ4v) is 2.57. The van der Waals surface area contributed by atoms with Crippen molar-refractivity contribution in [1.82, 2.24) is 4.72 Å². The SMILES string of the molecule is COC(=O)CCS(=O)(=O)NC1CC(O)C1. The van der Waals surface area contributed by atoms with Gasteiger partial charge in [-0.25, -0.2) is 13.1 Å². The highest BCUT2D eigenvalue weighted by Crippen LogP contribution is 2.20. The topological polar surface area (TPSA) is 92.7 Å². The third kappa shape index (κ3) is 4.15. The summed E-state index contributed by atoms with van der Waals surface area (Å²) in [6, 6.07) is -0.192. The minimum absolute atomic E-state index is 0.152. The molecule has 1 aliphatic carbocycles. The summed E-state index contributed by atoms with van der Waals surface area (Å²) in [6.07, 6.45) is 0.328. The number of hydrogen-bond acceptors (Lipinski definition) is 5. The maximum absolute atomic E-state index is 11.4. The monoisotopic (exact) mass is 237 g/mol. The highest BCUT2D eigenvalue weighted by atomic mass is 32.2. The molecule has 6 nitrogen and oxygen atoms in total. The van der Waals surface area contributed by atoms with E-state index in [0.717, 1.165) is 0 Å². The molecular formula is C8H15NO5S. The van der Waals surface area contributed by atoms with Crippen LogP contribution in [0.15, 0.2) is 0 Å². The molecule has 0 spiro atoms. The lowest BCUT2D eigenvalue weighted by atomic mass is 9.91. The fourth-order valence-electron chi connectivity index (χ4n) is 1.32. The highest BCUT2D eigenvalue weighted by molar-refractivity contribution is 7.89. The predicted molar refractivity (Wildman–Crippen MR) is 52.6 cm³/mol. The quantitative estimate of drug-likeness (QED) is 0.598. The molecule has 0 heterocycles. The zero-order valence-electron chi connectivity index (χ0n) is 8.47. The van der Waals surface area contributed by atoms with E-state index in [1.54, 1.807) is 0 Å². The summed E-state index contributed by atoms with van der Waals surface area (Å²) in [4.78, 5) is 10.7. The molecule has 0 unspecified atom stereocenters. The van der Waals surface area contributed by atoms with Gasteiger partial charge in [0.25, 0.3) is 0 Å². The molecule has 0 aromatic carbocycles. The summed E-state index contributed by atoms with van der Waals surface area (Å²) in [5, 5.41) is 8.96. The summed E-state index contributed by atoms with van der Waals surface area (Å²) < 4.78 is 29.5. The van der Waals surface area contributed by atoms with Crippen molar-refractivity contribution in [2.24, 2.45) is 0 Å². The van der Waals surface area contributed by atoms with Crippen molar-refractivity contribution in [3.8, 4) is 0 Å². The number of hydrogen-bond donors (Lipinski definition) is 2. The Morgan fingerprint density at radius 1 is 1.53 bits per heavy atom. The van der Waals surface area contributed by atoms with Crippen molar-refractivity contribution in [2.75, 3.05) is 12.9 Å². The molecule has 0 bridgehead atoms. The second-order valence-electron chi connectivity index (χ2n) is 3.59. The molecule has 0 saturated heterocycles. The van der Waals surface area contributed by atoms with Crippen LogP contribution in [-0.4, -0.2) is 44.5 Å². The van der Waals surface area contributed by atoms with Crippen LogP contribution in [0.5, 0.6) is 0 Å². The largest absolute Gasteiger partial charge is 0.469 e. The highest BCUT2D eigenvalue weighted by Gasteiger charge is 2.30. The van der Waals surface area contributed by atoms with Gasteiger partial charge < -0.3 is 9.84 Å². The number of carbonyl (C=O) groups excluding carboxylic acids is 1. The lowest BCUT2D eigenvalue weighted by molar-refractivity contribution is -0.140. The average molecular weight is 237 g/mol. The molecule has 1 fully saturated rings. The Kier molecular flexibility index (Phi) is 4.06. The molecule has 1 rings (SSSR count). The Morgan fingerprint density at radius 2 is 2.13 bits per heavy atom. The molecule has 0 radical (unpaired) electrons. The molecule has 7 heteroatoms. The van der Waals surface area contributed by atoms with Crippen LogP contribution in [0.2, 0.25) is 0 Å². The fraction of sp³-hybridized carbons (Fsp3) is 0.875. The van der Waals surface area contributed by atoms with Crippen LogP contribution in [0, 0.1) is 0 Å². The zero-order valence-corrected chi connectivity index (χ0v) is 9.29. The van der Waals surface area contributed by atoms with Gasteiger partial charge in [-0.05, 0) is 12.8 Å². The summed E-state index contributed by atoms with van der Waals surface area (Å²) in [6.45, 7) is 0. The second kappa shape index (κ2) is 4.91. The van der Waals surface area contributed by atoms with Gasteiger partial charge in [-0.3, -0.25) is 4.79 Å². The van der Waals surface area contributed by atoms with Gasteiger partial charge >= 0.3 is 5.97 Å². The number of esters is 1. The van der Waals surface area contributed by atoms with E-state index in [2.05, 4.69) is 9.46 Å². The average Bonchev–Trinajstić information content (AvgIpc) is 2.11. The Labute approximate surface area is 88.7 Å². The summed E-state index contributed by atoms with van der Waals surface area (Å²) in [5.41, 5.74) is 0. The molecule has 0 atom stereocenters. The molecule has 88 valence electrons. The Morgan fingerprint density at radius 3 is 2.60 bits per heavy atom. The lowest BCUT2D eigenvalue weighted by Gasteiger charge is -2.31. The predicted octanol–water partition coefficient (Wildman–Crippen LogP) is -1.01. The van der Waals surface area contributed by atoms with Crippen molar-refractivity contribution in [1.29, 1.82) is 0 Å². The van der Waals surface area contributed by atoms with Crippen LogP contribution < -0.4 is 4.72 Å². The van der Waals surface area contributed by atoms with E-state index in [4.69, 9.17) is 5.11 Å². The van der Waals surface area contributed by atoms with Crippen molar-refractivity contribution in [3.63, 3.8) is 0 Å². The second-order valence-corrected chi connectivity index (χ2v) is 5.46. The molecule has 0 aliphatic heterocycles. The Hall–Kier alpha value is -0.660. The van der Waals surface area contributed by atoms with Gasteiger partial charge in [0.05, 0.1) is 25.4 Å². The number of ether oxygens (including phenoxy) is 1. The van der Waals surface area contributed by atoms with Gasteiger partial charge in [0.2, 0.25) is 10.0 Å². The molecule has 0 amide bonds. The van der Waals surface area contributed by atoms with Crippen LogP contribution >= 0.6 is 0 Å². The van der Waals surface area contributed by atoms with Crippen LogP contribution in [0.3, 0.4) is 0 Å². The van der Waals surface area contributed by atoms with Crippen molar-refractivity contribution in [2.45, 2.75) is 31.4 Å². The molecule has 15 heavy (non-hydrogen) atoms. The normalized spacial score (nSPS) is 25.7. The molecule has 0 aromatic rings. The van der Waals surface area contributed by atoms with Crippen LogP contribution in [-0.2, 0) is 19.6 Å². The van der Waals surface area contributed by atoms with E-state index in [1.807, 2.05) is 0 Å². The van der Waals surface area contributed by atoms with Crippen molar-refractivity contribution < 1.29 is 23.1 Å². The summed E-state index contributed by atoms with van der Waals surface area (Å²) >= 11 is 0. The number of aliphatic hydroxyl groups is 1. The first kappa shape index (κ1) is 12.4. The molecule has 0 aromatic heterocycles.